The van der Waals surface area contributed by atoms with Crippen LogP contribution in [0.2, 0.25) is 0 Å². The van der Waals surface area contributed by atoms with Gasteiger partial charge in [-0.25, -0.2) is 0 Å². The smallest absolute Gasteiger partial charge is 0.227 e. The maximum Gasteiger partial charge on any atom is 0.227 e. The van der Waals surface area contributed by atoms with Crippen LogP contribution in [0.3, 0.4) is 0 Å². The number of nitrogens with one attached hydrogen (secondary N) is 2. The summed E-state index contributed by atoms with van der Waals surface area (Å²) < 4.78 is 0. The summed E-state index contributed by atoms with van der Waals surface area (Å²) in [6.07, 6.45) is 4.35. The summed E-state index contributed by atoms with van der Waals surface area (Å²) >= 11 is 0. The van der Waals surface area contributed by atoms with Crippen molar-refractivity contribution in [2.45, 2.75) is 38.8 Å². The van der Waals surface area contributed by atoms with Crippen molar-refractivity contribution in [3.8, 4) is 6.07 Å². The lowest BCUT2D eigenvalue weighted by molar-refractivity contribution is -0.119. The quantitative estimate of drug-likeness (QED) is 0.840. The van der Waals surface area contributed by atoms with Gasteiger partial charge in [0.05, 0.1) is 11.6 Å². The van der Waals surface area contributed by atoms with Crippen LogP contribution in [0, 0.1) is 17.2 Å². The van der Waals surface area contributed by atoms with Crippen molar-refractivity contribution in [2.75, 3.05) is 5.32 Å². The van der Waals surface area contributed by atoms with Crippen molar-refractivity contribution in [1.82, 2.24) is 5.32 Å². The Bertz CT molecular complexity index is 755. The van der Waals surface area contributed by atoms with Gasteiger partial charge in [-0.3, -0.25) is 4.79 Å². The van der Waals surface area contributed by atoms with Crippen molar-refractivity contribution in [2.24, 2.45) is 5.92 Å². The van der Waals surface area contributed by atoms with Crippen LogP contribution in [0.4, 0.5) is 5.69 Å². The lowest BCUT2D eigenvalue weighted by Gasteiger charge is -2.12. The average molecular weight is 333 g/mol. The third kappa shape index (κ3) is 4.91. The lowest BCUT2D eigenvalue weighted by atomic mass is 10.1. The van der Waals surface area contributed by atoms with Gasteiger partial charge in [-0.2, -0.15) is 5.26 Å². The minimum absolute atomic E-state index is 0.153. The predicted molar refractivity (Wildman–Crippen MR) is 98.7 cm³/mol. The largest absolute Gasteiger partial charge is 0.326 e. The van der Waals surface area contributed by atoms with Gasteiger partial charge < -0.3 is 10.6 Å². The van der Waals surface area contributed by atoms with Crippen LogP contribution < -0.4 is 10.6 Å². The molecule has 0 aromatic heterocycles. The molecule has 4 heteroatoms. The molecule has 0 spiro atoms. The average Bonchev–Trinajstić information content (AvgIpc) is 3.17. The molecule has 128 valence electrons. The number of hydrogen-bond donors (Lipinski definition) is 2. The summed E-state index contributed by atoms with van der Waals surface area (Å²) in [5, 5.41) is 15.3. The molecule has 0 heterocycles. The third-order valence-corrected chi connectivity index (χ3v) is 4.66. The van der Waals surface area contributed by atoms with Crippen LogP contribution in [0.15, 0.2) is 48.5 Å². The van der Waals surface area contributed by atoms with E-state index in [1.54, 1.807) is 0 Å². The highest BCUT2D eigenvalue weighted by Gasteiger charge is 2.22. The maximum atomic E-state index is 12.2. The minimum atomic E-state index is 0.153. The van der Waals surface area contributed by atoms with Gasteiger partial charge in [0.25, 0.3) is 0 Å². The minimum Gasteiger partial charge on any atom is -0.326 e. The Balaban J connectivity index is 1.50. The van der Waals surface area contributed by atoms with E-state index in [0.29, 0.717) is 5.56 Å². The molecular formula is C21H23N3O. The number of anilines is 1. The van der Waals surface area contributed by atoms with E-state index in [9.17, 15) is 4.79 Å². The van der Waals surface area contributed by atoms with E-state index in [2.05, 4.69) is 22.8 Å². The van der Waals surface area contributed by atoms with E-state index in [4.69, 9.17) is 5.26 Å². The molecule has 0 bridgehead atoms. The fourth-order valence-electron chi connectivity index (χ4n) is 3.24. The van der Waals surface area contributed by atoms with E-state index in [-0.39, 0.29) is 11.8 Å². The number of amides is 1. The normalized spacial score (nSPS) is 14.2. The van der Waals surface area contributed by atoms with Gasteiger partial charge in [-0.1, -0.05) is 37.1 Å². The zero-order valence-electron chi connectivity index (χ0n) is 14.3. The first-order valence-electron chi connectivity index (χ1n) is 8.84. The predicted octanol–water partition coefficient (Wildman–Crippen LogP) is 3.98. The molecule has 0 saturated heterocycles. The molecule has 1 amide bonds. The van der Waals surface area contributed by atoms with Gasteiger partial charge >= 0.3 is 0 Å². The number of carbonyl (C=O) groups excluding carboxylic acids is 1. The standard InChI is InChI=1S/C21H23N3O/c22-13-16-8-10-17(11-9-16)14-23-15-18-4-3-7-20(12-18)24-21(25)19-5-1-2-6-19/h3-4,7-12,19,23H,1-2,5-6,14-15H2,(H,24,25). The Morgan fingerprint density at radius 1 is 1.04 bits per heavy atom. The number of nitrogens with zero attached hydrogens (tertiary/aromatic N) is 1. The number of nitriles is 1. The molecule has 1 saturated carbocycles. The van der Waals surface area contributed by atoms with Crippen LogP contribution >= 0.6 is 0 Å². The van der Waals surface area contributed by atoms with E-state index >= 15 is 0 Å². The number of hydrogen-bond acceptors (Lipinski definition) is 3. The van der Waals surface area contributed by atoms with Crippen molar-refractivity contribution < 1.29 is 4.79 Å². The Morgan fingerprint density at radius 3 is 2.48 bits per heavy atom. The van der Waals surface area contributed by atoms with Gasteiger partial charge in [-0.05, 0) is 48.2 Å². The maximum absolute atomic E-state index is 12.2. The van der Waals surface area contributed by atoms with Crippen LogP contribution in [0.25, 0.3) is 0 Å². The van der Waals surface area contributed by atoms with E-state index < -0.39 is 0 Å². The van der Waals surface area contributed by atoms with E-state index in [1.807, 2.05) is 42.5 Å². The zero-order valence-corrected chi connectivity index (χ0v) is 14.3. The highest BCUT2D eigenvalue weighted by molar-refractivity contribution is 5.92. The topological polar surface area (TPSA) is 64.9 Å². The molecule has 4 nitrogen and oxygen atoms in total. The van der Waals surface area contributed by atoms with E-state index in [1.165, 1.54) is 0 Å². The highest BCUT2D eigenvalue weighted by atomic mass is 16.1. The fraction of sp³-hybridized carbons (Fsp3) is 0.333. The van der Waals surface area contributed by atoms with Gasteiger partial charge in [0.15, 0.2) is 0 Å². The Kier molecular flexibility index (Phi) is 5.81. The second-order valence-corrected chi connectivity index (χ2v) is 6.58. The van der Waals surface area contributed by atoms with Crippen molar-refractivity contribution in [3.05, 3.63) is 65.2 Å². The molecule has 2 aromatic carbocycles. The van der Waals surface area contributed by atoms with Gasteiger partial charge in [-0.15, -0.1) is 0 Å². The zero-order chi connectivity index (χ0) is 17.5. The van der Waals surface area contributed by atoms with Crippen LogP contribution in [0.1, 0.15) is 42.4 Å². The molecule has 25 heavy (non-hydrogen) atoms. The molecule has 0 atom stereocenters. The highest BCUT2D eigenvalue weighted by Crippen LogP contribution is 2.26. The first-order chi connectivity index (χ1) is 12.2. The summed E-state index contributed by atoms with van der Waals surface area (Å²) in [5.41, 5.74) is 3.83. The molecule has 1 aliphatic rings. The van der Waals surface area contributed by atoms with Crippen molar-refractivity contribution >= 4 is 11.6 Å². The van der Waals surface area contributed by atoms with Crippen molar-refractivity contribution in [3.63, 3.8) is 0 Å². The molecule has 0 aliphatic heterocycles. The molecule has 0 unspecified atom stereocenters. The van der Waals surface area contributed by atoms with Crippen LogP contribution in [0.5, 0.6) is 0 Å². The monoisotopic (exact) mass is 333 g/mol. The molecule has 1 fully saturated rings. The third-order valence-electron chi connectivity index (χ3n) is 4.66. The van der Waals surface area contributed by atoms with Crippen LogP contribution in [-0.4, -0.2) is 5.91 Å². The van der Waals surface area contributed by atoms with Gasteiger partial charge in [0, 0.05) is 24.7 Å². The lowest BCUT2D eigenvalue weighted by Crippen LogP contribution is -2.20. The number of rotatable bonds is 6. The summed E-state index contributed by atoms with van der Waals surface area (Å²) in [4.78, 5) is 12.2. The second kappa shape index (κ2) is 8.46. The molecule has 1 aliphatic carbocycles. The van der Waals surface area contributed by atoms with Gasteiger partial charge in [0.1, 0.15) is 0 Å². The Morgan fingerprint density at radius 2 is 1.76 bits per heavy atom. The summed E-state index contributed by atoms with van der Waals surface area (Å²) in [6, 6.07) is 17.7. The Hall–Kier alpha value is -2.64. The van der Waals surface area contributed by atoms with Crippen LogP contribution in [-0.2, 0) is 17.9 Å². The second-order valence-electron chi connectivity index (χ2n) is 6.58. The molecule has 0 radical (unpaired) electrons. The SMILES string of the molecule is N#Cc1ccc(CNCc2cccc(NC(=O)C3CCCC3)c2)cc1. The van der Waals surface area contributed by atoms with Crippen molar-refractivity contribution in [1.29, 1.82) is 5.26 Å². The molecular weight excluding hydrogens is 310 g/mol. The summed E-state index contributed by atoms with van der Waals surface area (Å²) in [6.45, 7) is 1.47. The fourth-order valence-corrected chi connectivity index (χ4v) is 3.24. The first kappa shape index (κ1) is 17.2. The first-order valence-corrected chi connectivity index (χ1v) is 8.84. The number of carbonyl (C=O) groups is 1. The summed E-state index contributed by atoms with van der Waals surface area (Å²) in [7, 11) is 0. The molecule has 2 aromatic rings. The van der Waals surface area contributed by atoms with E-state index in [0.717, 1.165) is 55.6 Å². The number of benzene rings is 2. The molecule has 2 N–H and O–H groups in total. The summed E-state index contributed by atoms with van der Waals surface area (Å²) in [5.74, 6) is 0.332. The van der Waals surface area contributed by atoms with Gasteiger partial charge in [0.2, 0.25) is 5.91 Å². The molecule has 3 rings (SSSR count). The Labute approximate surface area is 148 Å².